The lowest BCUT2D eigenvalue weighted by Gasteiger charge is -2.11. The van der Waals surface area contributed by atoms with Crippen LogP contribution < -0.4 is 16.2 Å². The maximum atomic E-state index is 12.7. The minimum atomic E-state index is -0.619. The molecule has 1 aliphatic rings. The summed E-state index contributed by atoms with van der Waals surface area (Å²) >= 11 is 0. The van der Waals surface area contributed by atoms with E-state index in [1.54, 1.807) is 42.9 Å². The van der Waals surface area contributed by atoms with Crippen molar-refractivity contribution in [3.63, 3.8) is 0 Å². The molecule has 1 aromatic carbocycles. The molecule has 2 aromatic rings. The first-order chi connectivity index (χ1) is 11.9. The highest BCUT2D eigenvalue weighted by molar-refractivity contribution is 6.06. The van der Waals surface area contributed by atoms with Crippen LogP contribution >= 0.6 is 0 Å². The number of anilines is 1. The van der Waals surface area contributed by atoms with Crippen molar-refractivity contribution in [2.75, 3.05) is 18.4 Å². The van der Waals surface area contributed by atoms with Gasteiger partial charge in [0.15, 0.2) is 0 Å². The third-order valence-corrected chi connectivity index (χ3v) is 4.06. The van der Waals surface area contributed by atoms with Gasteiger partial charge in [0, 0.05) is 7.05 Å². The summed E-state index contributed by atoms with van der Waals surface area (Å²) in [5.74, 6) is -1.09. The van der Waals surface area contributed by atoms with Crippen molar-refractivity contribution >= 4 is 23.5 Å². The number of urea groups is 1. The normalized spacial score (nSPS) is 13.9. The van der Waals surface area contributed by atoms with Crippen molar-refractivity contribution in [1.29, 1.82) is 0 Å². The zero-order chi connectivity index (χ0) is 18.1. The number of rotatable bonds is 4. The Morgan fingerprint density at radius 2 is 1.88 bits per heavy atom. The lowest BCUT2D eigenvalue weighted by Crippen LogP contribution is -2.38. The van der Waals surface area contributed by atoms with Gasteiger partial charge in [-0.15, -0.1) is 0 Å². The first-order valence-corrected chi connectivity index (χ1v) is 7.62. The Kier molecular flexibility index (Phi) is 4.14. The summed E-state index contributed by atoms with van der Waals surface area (Å²) in [4.78, 5) is 48.7. The van der Waals surface area contributed by atoms with E-state index >= 15 is 0 Å². The van der Waals surface area contributed by atoms with Gasteiger partial charge in [-0.2, -0.15) is 0 Å². The van der Waals surface area contributed by atoms with Crippen molar-refractivity contribution in [2.24, 2.45) is 7.05 Å². The highest BCUT2D eigenvalue weighted by atomic mass is 16.2. The summed E-state index contributed by atoms with van der Waals surface area (Å²) in [7, 11) is 1.71. The van der Waals surface area contributed by atoms with Gasteiger partial charge in [0.2, 0.25) is 5.91 Å². The van der Waals surface area contributed by atoms with Crippen molar-refractivity contribution in [3.05, 3.63) is 46.4 Å². The van der Waals surface area contributed by atoms with Crippen LogP contribution in [0.5, 0.6) is 0 Å². The average molecular weight is 343 g/mol. The summed E-state index contributed by atoms with van der Waals surface area (Å²) in [6, 6.07) is 8.39. The lowest BCUT2D eigenvalue weighted by atomic mass is 10.3. The zero-order valence-corrected chi connectivity index (χ0v) is 13.8. The van der Waals surface area contributed by atoms with E-state index in [-0.39, 0.29) is 12.2 Å². The molecule has 2 heterocycles. The predicted octanol–water partition coefficient (Wildman–Crippen LogP) is -0.0253. The molecule has 4 amide bonds. The SMILES string of the molecule is Cc1c(NC(=O)CN2C(=O)CNC2=O)c(=O)n(-c2ccccc2)n1C. The van der Waals surface area contributed by atoms with E-state index < -0.39 is 29.9 Å². The molecule has 0 atom stereocenters. The number of nitrogens with one attached hydrogen (secondary N) is 2. The number of carbonyl (C=O) groups is 3. The van der Waals surface area contributed by atoms with Gasteiger partial charge >= 0.3 is 6.03 Å². The first kappa shape index (κ1) is 16.5. The van der Waals surface area contributed by atoms with Gasteiger partial charge in [-0.3, -0.25) is 24.0 Å². The molecule has 9 nitrogen and oxygen atoms in total. The van der Waals surface area contributed by atoms with Gasteiger partial charge in [0.25, 0.3) is 11.5 Å². The number of para-hydroxylation sites is 1. The molecule has 25 heavy (non-hydrogen) atoms. The average Bonchev–Trinajstić information content (AvgIpc) is 3.01. The van der Waals surface area contributed by atoms with E-state index in [4.69, 9.17) is 0 Å². The second-order valence-corrected chi connectivity index (χ2v) is 5.62. The second-order valence-electron chi connectivity index (χ2n) is 5.62. The molecular weight excluding hydrogens is 326 g/mol. The third-order valence-electron chi connectivity index (χ3n) is 4.06. The minimum absolute atomic E-state index is 0.114. The zero-order valence-electron chi connectivity index (χ0n) is 13.8. The number of carbonyl (C=O) groups excluding carboxylic acids is 3. The number of imide groups is 1. The monoisotopic (exact) mass is 343 g/mol. The Bertz CT molecular complexity index is 897. The number of nitrogens with zero attached hydrogens (tertiary/aromatic N) is 3. The fraction of sp³-hybridized carbons (Fsp3) is 0.250. The maximum absolute atomic E-state index is 12.7. The van der Waals surface area contributed by atoms with Gasteiger partial charge in [0.05, 0.1) is 17.9 Å². The molecule has 1 aromatic heterocycles. The topological polar surface area (TPSA) is 105 Å². The van der Waals surface area contributed by atoms with E-state index in [0.29, 0.717) is 11.4 Å². The summed E-state index contributed by atoms with van der Waals surface area (Å²) in [6.07, 6.45) is 0. The molecule has 0 bridgehead atoms. The highest BCUT2D eigenvalue weighted by Gasteiger charge is 2.30. The molecule has 1 saturated heterocycles. The molecule has 0 radical (unpaired) electrons. The van der Waals surface area contributed by atoms with Crippen LogP contribution in [0.1, 0.15) is 5.69 Å². The molecule has 0 spiro atoms. The summed E-state index contributed by atoms with van der Waals surface area (Å²) in [6.45, 7) is 1.13. The number of benzene rings is 1. The van der Waals surface area contributed by atoms with Gasteiger partial charge in [-0.25, -0.2) is 9.48 Å². The minimum Gasteiger partial charge on any atom is -0.329 e. The van der Waals surface area contributed by atoms with Crippen LogP contribution in [0.3, 0.4) is 0 Å². The molecule has 3 rings (SSSR count). The Hall–Kier alpha value is -3.36. The van der Waals surface area contributed by atoms with Crippen LogP contribution in [0.2, 0.25) is 0 Å². The molecule has 9 heteroatoms. The largest absolute Gasteiger partial charge is 0.329 e. The molecule has 0 aliphatic carbocycles. The van der Waals surface area contributed by atoms with E-state index in [0.717, 1.165) is 4.90 Å². The molecule has 130 valence electrons. The van der Waals surface area contributed by atoms with E-state index in [1.165, 1.54) is 4.68 Å². The summed E-state index contributed by atoms with van der Waals surface area (Å²) in [5, 5.41) is 4.84. The number of amides is 4. The second kappa shape index (κ2) is 6.27. The quantitative estimate of drug-likeness (QED) is 0.761. The fourth-order valence-corrected chi connectivity index (χ4v) is 2.65. The summed E-state index contributed by atoms with van der Waals surface area (Å²) < 4.78 is 3.06. The van der Waals surface area contributed by atoms with Gasteiger partial charge < -0.3 is 10.6 Å². The Morgan fingerprint density at radius 3 is 2.48 bits per heavy atom. The Labute approximate surface area is 142 Å². The van der Waals surface area contributed by atoms with E-state index in [9.17, 15) is 19.2 Å². The molecule has 2 N–H and O–H groups in total. The van der Waals surface area contributed by atoms with Gasteiger partial charge in [0.1, 0.15) is 12.2 Å². The highest BCUT2D eigenvalue weighted by Crippen LogP contribution is 2.14. The molecule has 0 unspecified atom stereocenters. The van der Waals surface area contributed by atoms with E-state index in [1.807, 2.05) is 6.07 Å². The smallest absolute Gasteiger partial charge is 0.325 e. The fourth-order valence-electron chi connectivity index (χ4n) is 2.65. The van der Waals surface area contributed by atoms with Gasteiger partial charge in [-0.1, -0.05) is 18.2 Å². The van der Waals surface area contributed by atoms with Crippen LogP contribution in [-0.4, -0.2) is 45.2 Å². The maximum Gasteiger partial charge on any atom is 0.325 e. The molecular formula is C16H17N5O4. The summed E-state index contributed by atoms with van der Waals surface area (Å²) in [5.41, 5.74) is 0.937. The van der Waals surface area contributed by atoms with Crippen molar-refractivity contribution < 1.29 is 14.4 Å². The third kappa shape index (κ3) is 2.91. The predicted molar refractivity (Wildman–Crippen MR) is 89.5 cm³/mol. The van der Waals surface area contributed by atoms with Crippen LogP contribution in [-0.2, 0) is 16.6 Å². The van der Waals surface area contributed by atoms with Gasteiger partial charge in [-0.05, 0) is 19.1 Å². The Morgan fingerprint density at radius 1 is 1.20 bits per heavy atom. The number of hydrogen-bond acceptors (Lipinski definition) is 4. The van der Waals surface area contributed by atoms with Crippen molar-refractivity contribution in [2.45, 2.75) is 6.92 Å². The lowest BCUT2D eigenvalue weighted by molar-refractivity contribution is -0.128. The molecule has 1 fully saturated rings. The first-order valence-electron chi connectivity index (χ1n) is 7.62. The Balaban J connectivity index is 1.86. The van der Waals surface area contributed by atoms with E-state index in [2.05, 4.69) is 10.6 Å². The number of hydrogen-bond donors (Lipinski definition) is 2. The number of aromatic nitrogens is 2. The van der Waals surface area contributed by atoms with Crippen LogP contribution in [0.25, 0.3) is 5.69 Å². The van der Waals surface area contributed by atoms with Crippen LogP contribution in [0.4, 0.5) is 10.5 Å². The van der Waals surface area contributed by atoms with Crippen LogP contribution in [0.15, 0.2) is 35.1 Å². The van der Waals surface area contributed by atoms with Crippen molar-refractivity contribution in [3.8, 4) is 5.69 Å². The molecule has 1 aliphatic heterocycles. The van der Waals surface area contributed by atoms with Crippen LogP contribution in [0, 0.1) is 6.92 Å². The van der Waals surface area contributed by atoms with Crippen molar-refractivity contribution in [1.82, 2.24) is 19.6 Å². The molecule has 0 saturated carbocycles. The standard InChI is InChI=1S/C16H17N5O4/c1-10-14(18-12(22)9-20-13(23)8-17-16(20)25)15(24)21(19(10)2)11-6-4-3-5-7-11/h3-7H,8-9H2,1-2H3,(H,17,25)(H,18,22).